The van der Waals surface area contributed by atoms with Crippen molar-refractivity contribution in [1.82, 2.24) is 0 Å². The van der Waals surface area contributed by atoms with Gasteiger partial charge in [-0.05, 0) is 70.2 Å². The minimum Gasteiger partial charge on any atom is -0.497 e. The fraction of sp³-hybridized carbons (Fsp3) is 0.552. The van der Waals surface area contributed by atoms with E-state index >= 15 is 0 Å². The topological polar surface area (TPSA) is 82.1 Å². The van der Waals surface area contributed by atoms with E-state index in [0.29, 0.717) is 18.0 Å². The molecule has 0 amide bonds. The first kappa shape index (κ1) is 30.2. The van der Waals surface area contributed by atoms with Gasteiger partial charge in [-0.25, -0.2) is 13.2 Å². The number of carbonyl (C=O) groups is 1. The first-order valence-corrected chi connectivity index (χ1v) is 16.0. The lowest BCUT2D eigenvalue weighted by molar-refractivity contribution is -0.157. The highest BCUT2D eigenvalue weighted by Gasteiger charge is 2.42. The summed E-state index contributed by atoms with van der Waals surface area (Å²) in [6, 6.07) is 11.2. The molecular weight excluding hydrogens is 522 g/mol. The lowest BCUT2D eigenvalue weighted by Gasteiger charge is -2.36. The van der Waals surface area contributed by atoms with Crippen LogP contribution in [0.1, 0.15) is 60.3 Å². The van der Waals surface area contributed by atoms with Gasteiger partial charge in [0.2, 0.25) is 0 Å². The van der Waals surface area contributed by atoms with Crippen molar-refractivity contribution in [1.29, 1.82) is 0 Å². The zero-order valence-electron chi connectivity index (χ0n) is 23.6. The van der Waals surface area contributed by atoms with Gasteiger partial charge in [-0.15, -0.1) is 11.8 Å². The Morgan fingerprint density at radius 2 is 1.82 bits per heavy atom. The first-order chi connectivity index (χ1) is 17.9. The van der Waals surface area contributed by atoms with E-state index in [2.05, 4.69) is 18.7 Å². The highest BCUT2D eigenvalue weighted by molar-refractivity contribution is 7.98. The van der Waals surface area contributed by atoms with E-state index in [1.54, 1.807) is 33.9 Å². The fourth-order valence-electron chi connectivity index (χ4n) is 4.80. The van der Waals surface area contributed by atoms with Gasteiger partial charge in [0.15, 0.2) is 16.4 Å². The molecule has 0 aliphatic carbocycles. The van der Waals surface area contributed by atoms with Crippen LogP contribution in [-0.2, 0) is 19.4 Å². The molecule has 0 spiro atoms. The average molecular weight is 564 g/mol. The molecule has 7 nitrogen and oxygen atoms in total. The van der Waals surface area contributed by atoms with Gasteiger partial charge in [0.25, 0.3) is 0 Å². The van der Waals surface area contributed by atoms with E-state index in [1.165, 1.54) is 11.8 Å². The van der Waals surface area contributed by atoms with Crippen molar-refractivity contribution in [2.75, 3.05) is 37.2 Å². The summed E-state index contributed by atoms with van der Waals surface area (Å²) in [6.07, 6.45) is 5.41. The number of anilines is 2. The molecular formula is C29H41NO6S2. The minimum atomic E-state index is -3.67. The van der Waals surface area contributed by atoms with Gasteiger partial charge >= 0.3 is 5.97 Å². The standard InChI is InChI=1S/C29H41NO6S2/c1-8-10-15-29(9-2)19-30(21-11-13-22(34-6)14-12-21)23-16-25(37-7)24(17-26(23)38(32,33)20-29)35-18-27(31)36-28(3,4)5/h11-14,16-17H,8-10,15,18-20H2,1-7H3. The maximum Gasteiger partial charge on any atom is 0.344 e. The molecule has 0 radical (unpaired) electrons. The number of benzene rings is 2. The minimum absolute atomic E-state index is 0.0558. The number of thioether (sulfide) groups is 1. The number of nitrogens with zero attached hydrogens (tertiary/aromatic N) is 1. The molecule has 1 unspecified atom stereocenters. The largest absolute Gasteiger partial charge is 0.497 e. The van der Waals surface area contributed by atoms with Crippen LogP contribution in [0, 0.1) is 5.41 Å². The van der Waals surface area contributed by atoms with Crippen LogP contribution >= 0.6 is 11.8 Å². The molecule has 0 saturated heterocycles. The Morgan fingerprint density at radius 3 is 2.37 bits per heavy atom. The molecule has 0 N–H and O–H groups in total. The molecule has 210 valence electrons. The molecule has 1 atom stereocenters. The Bertz CT molecular complexity index is 1220. The average Bonchev–Trinajstić information content (AvgIpc) is 2.96. The molecule has 0 aromatic heterocycles. The van der Waals surface area contributed by atoms with Crippen molar-refractivity contribution in [2.24, 2.45) is 5.41 Å². The Kier molecular flexibility index (Phi) is 9.68. The summed E-state index contributed by atoms with van der Waals surface area (Å²) >= 11 is 1.44. The lowest BCUT2D eigenvalue weighted by atomic mass is 9.81. The van der Waals surface area contributed by atoms with Gasteiger partial charge in [0.05, 0.1) is 28.3 Å². The van der Waals surface area contributed by atoms with Crippen molar-refractivity contribution < 1.29 is 27.4 Å². The smallest absolute Gasteiger partial charge is 0.344 e. The summed E-state index contributed by atoms with van der Waals surface area (Å²) in [5, 5.41) is 0. The molecule has 2 aromatic rings. The third-order valence-corrected chi connectivity index (χ3v) is 9.57. The SMILES string of the molecule is CCCCC1(CC)CN(c2ccc(OC)cc2)c2cc(SC)c(OCC(=O)OC(C)(C)C)cc2S(=O)(=O)C1. The summed E-state index contributed by atoms with van der Waals surface area (Å²) in [6.45, 7) is 9.85. The van der Waals surface area contributed by atoms with Gasteiger partial charge in [-0.3, -0.25) is 0 Å². The fourth-order valence-corrected chi connectivity index (χ4v) is 7.53. The molecule has 2 aromatic carbocycles. The molecule has 38 heavy (non-hydrogen) atoms. The van der Waals surface area contributed by atoms with Crippen LogP contribution < -0.4 is 14.4 Å². The summed E-state index contributed by atoms with van der Waals surface area (Å²) in [7, 11) is -2.04. The Morgan fingerprint density at radius 1 is 1.13 bits per heavy atom. The number of rotatable bonds is 10. The quantitative estimate of drug-likeness (QED) is 0.235. The van der Waals surface area contributed by atoms with Crippen LogP contribution in [0.15, 0.2) is 46.2 Å². The van der Waals surface area contributed by atoms with E-state index < -0.39 is 26.8 Å². The van der Waals surface area contributed by atoms with E-state index in [9.17, 15) is 13.2 Å². The Balaban J connectivity index is 2.14. The summed E-state index contributed by atoms with van der Waals surface area (Å²) in [4.78, 5) is 15.4. The second kappa shape index (κ2) is 12.2. The number of hydrogen-bond donors (Lipinski definition) is 0. The first-order valence-electron chi connectivity index (χ1n) is 13.1. The highest BCUT2D eigenvalue weighted by atomic mass is 32.2. The molecule has 0 bridgehead atoms. The molecule has 3 rings (SSSR count). The van der Waals surface area contributed by atoms with E-state index in [0.717, 1.165) is 42.0 Å². The lowest BCUT2D eigenvalue weighted by Crippen LogP contribution is -2.37. The maximum atomic E-state index is 14.0. The van der Waals surface area contributed by atoms with Gasteiger partial charge in [-0.1, -0.05) is 26.7 Å². The van der Waals surface area contributed by atoms with Crippen LogP contribution in [0.25, 0.3) is 0 Å². The molecule has 1 aliphatic rings. The second-order valence-corrected chi connectivity index (χ2v) is 13.7. The zero-order chi connectivity index (χ0) is 28.1. The monoisotopic (exact) mass is 563 g/mol. The van der Waals surface area contributed by atoms with Crippen molar-refractivity contribution in [3.63, 3.8) is 0 Å². The molecule has 0 saturated carbocycles. The third-order valence-electron chi connectivity index (χ3n) is 6.82. The van der Waals surface area contributed by atoms with Crippen molar-refractivity contribution in [3.05, 3.63) is 36.4 Å². The highest BCUT2D eigenvalue weighted by Crippen LogP contribution is 2.47. The summed E-state index contributed by atoms with van der Waals surface area (Å²) in [5.74, 6) is 0.643. The third kappa shape index (κ3) is 7.17. The van der Waals surface area contributed by atoms with E-state index in [-0.39, 0.29) is 17.3 Å². The zero-order valence-corrected chi connectivity index (χ0v) is 25.3. The summed E-state index contributed by atoms with van der Waals surface area (Å²) < 4.78 is 44.6. The number of esters is 1. The molecule has 1 aliphatic heterocycles. The van der Waals surface area contributed by atoms with Crippen LogP contribution in [0.2, 0.25) is 0 Å². The number of hydrogen-bond acceptors (Lipinski definition) is 8. The van der Waals surface area contributed by atoms with Gasteiger partial charge in [0, 0.05) is 23.7 Å². The van der Waals surface area contributed by atoms with E-state index in [4.69, 9.17) is 14.2 Å². The van der Waals surface area contributed by atoms with Crippen molar-refractivity contribution in [3.8, 4) is 11.5 Å². The van der Waals surface area contributed by atoms with Crippen molar-refractivity contribution in [2.45, 2.75) is 75.7 Å². The molecule has 9 heteroatoms. The predicted molar refractivity (Wildman–Crippen MR) is 154 cm³/mol. The Hall–Kier alpha value is -2.39. The summed E-state index contributed by atoms with van der Waals surface area (Å²) in [5.41, 5.74) is 0.467. The van der Waals surface area contributed by atoms with Gasteiger partial charge in [-0.2, -0.15) is 0 Å². The van der Waals surface area contributed by atoms with Crippen LogP contribution in [0.5, 0.6) is 11.5 Å². The maximum absolute atomic E-state index is 14.0. The number of methoxy groups -OCH3 is 1. The molecule has 1 heterocycles. The predicted octanol–water partition coefficient (Wildman–Crippen LogP) is 6.65. The van der Waals surface area contributed by atoms with Crippen molar-refractivity contribution >= 4 is 38.9 Å². The number of carbonyl (C=O) groups excluding carboxylic acids is 1. The normalized spacial score (nSPS) is 18.9. The number of unbranched alkanes of at least 4 members (excludes halogenated alkanes) is 1. The van der Waals surface area contributed by atoms with Crippen LogP contribution in [-0.4, -0.2) is 52.3 Å². The van der Waals surface area contributed by atoms with Gasteiger partial charge < -0.3 is 19.1 Å². The number of sulfone groups is 1. The van der Waals surface area contributed by atoms with E-state index in [1.807, 2.05) is 36.6 Å². The van der Waals surface area contributed by atoms with Crippen LogP contribution in [0.4, 0.5) is 11.4 Å². The Labute approximate surface area is 232 Å². The second-order valence-electron chi connectivity index (χ2n) is 10.8. The van der Waals surface area contributed by atoms with Crippen LogP contribution in [0.3, 0.4) is 0 Å². The molecule has 0 fully saturated rings. The number of fused-ring (bicyclic) bond motifs is 1. The number of ether oxygens (including phenoxy) is 3. The van der Waals surface area contributed by atoms with Gasteiger partial charge in [0.1, 0.15) is 17.1 Å².